The van der Waals surface area contributed by atoms with Gasteiger partial charge in [0.15, 0.2) is 0 Å². The van der Waals surface area contributed by atoms with Crippen LogP contribution in [0.3, 0.4) is 0 Å². The molecule has 0 aromatic heterocycles. The number of nitrogens with zero attached hydrogens (tertiary/aromatic N) is 1. The maximum Gasteiger partial charge on any atom is 0.410 e. The summed E-state index contributed by atoms with van der Waals surface area (Å²) in [7, 11) is 0. The van der Waals surface area contributed by atoms with E-state index < -0.39 is 0 Å². The Balaban J connectivity index is 1.68. The van der Waals surface area contributed by atoms with Gasteiger partial charge in [0, 0.05) is 19.4 Å². The van der Waals surface area contributed by atoms with Crippen LogP contribution in [0.4, 0.5) is 4.79 Å². The highest BCUT2D eigenvalue weighted by Crippen LogP contribution is 2.31. The van der Waals surface area contributed by atoms with E-state index >= 15 is 0 Å². The van der Waals surface area contributed by atoms with Crippen LogP contribution in [0, 0.1) is 6.92 Å². The molecule has 0 unspecified atom stereocenters. The van der Waals surface area contributed by atoms with Crippen molar-refractivity contribution in [2.75, 3.05) is 19.6 Å². The van der Waals surface area contributed by atoms with E-state index in [-0.39, 0.29) is 11.7 Å². The molecule has 102 valence electrons. The molecule has 2 fully saturated rings. The van der Waals surface area contributed by atoms with Gasteiger partial charge in [-0.05, 0) is 25.6 Å². The van der Waals surface area contributed by atoms with Crippen molar-refractivity contribution in [3.05, 3.63) is 35.4 Å². The minimum atomic E-state index is -0.243. The highest BCUT2D eigenvalue weighted by atomic mass is 16.6. The summed E-state index contributed by atoms with van der Waals surface area (Å²) in [6.45, 7) is 5.31. The Morgan fingerprint density at radius 1 is 1.26 bits per heavy atom. The first-order valence-corrected chi connectivity index (χ1v) is 6.91. The predicted molar refractivity (Wildman–Crippen MR) is 72.9 cm³/mol. The first-order valence-electron chi connectivity index (χ1n) is 6.91. The molecule has 1 N–H and O–H groups in total. The standard InChI is InChI=1S/C15H20N2O2/c1-12-2-4-13(5-3-12)10-17-11-15(19-14(17)18)6-8-16-9-7-15/h2-5,16H,6-11H2,1H3. The average Bonchev–Trinajstić information content (AvgIpc) is 2.69. The minimum Gasteiger partial charge on any atom is -0.441 e. The largest absolute Gasteiger partial charge is 0.441 e. The summed E-state index contributed by atoms with van der Waals surface area (Å²) in [4.78, 5) is 13.8. The van der Waals surface area contributed by atoms with E-state index in [2.05, 4.69) is 36.5 Å². The summed E-state index contributed by atoms with van der Waals surface area (Å²) in [6.07, 6.45) is 1.68. The van der Waals surface area contributed by atoms with Gasteiger partial charge in [-0.2, -0.15) is 0 Å². The number of piperidine rings is 1. The van der Waals surface area contributed by atoms with Gasteiger partial charge in [-0.1, -0.05) is 29.8 Å². The van der Waals surface area contributed by atoms with Gasteiger partial charge in [0.1, 0.15) is 5.60 Å². The van der Waals surface area contributed by atoms with Gasteiger partial charge in [-0.15, -0.1) is 0 Å². The number of carbonyl (C=O) groups excluding carboxylic acids is 1. The molecule has 1 amide bonds. The van der Waals surface area contributed by atoms with Crippen molar-refractivity contribution < 1.29 is 9.53 Å². The molecule has 2 aliphatic heterocycles. The Morgan fingerprint density at radius 3 is 2.63 bits per heavy atom. The molecule has 0 atom stereocenters. The van der Waals surface area contributed by atoms with Crippen molar-refractivity contribution in [1.82, 2.24) is 10.2 Å². The van der Waals surface area contributed by atoms with Gasteiger partial charge in [0.2, 0.25) is 0 Å². The topological polar surface area (TPSA) is 41.6 Å². The van der Waals surface area contributed by atoms with E-state index in [1.165, 1.54) is 5.56 Å². The molecule has 0 saturated carbocycles. The van der Waals surface area contributed by atoms with E-state index in [0.717, 1.165) is 38.0 Å². The summed E-state index contributed by atoms with van der Waals surface area (Å²) in [5.74, 6) is 0. The van der Waals surface area contributed by atoms with Gasteiger partial charge in [-0.25, -0.2) is 4.79 Å². The van der Waals surface area contributed by atoms with Gasteiger partial charge in [-0.3, -0.25) is 4.90 Å². The maximum atomic E-state index is 12.0. The average molecular weight is 260 g/mol. The molecule has 0 radical (unpaired) electrons. The van der Waals surface area contributed by atoms with Crippen LogP contribution >= 0.6 is 0 Å². The van der Waals surface area contributed by atoms with Crippen LogP contribution in [0.1, 0.15) is 24.0 Å². The molecule has 19 heavy (non-hydrogen) atoms. The Bertz CT molecular complexity index is 464. The number of nitrogens with one attached hydrogen (secondary N) is 1. The van der Waals surface area contributed by atoms with E-state index in [0.29, 0.717) is 6.54 Å². The van der Waals surface area contributed by atoms with Crippen LogP contribution in [0.2, 0.25) is 0 Å². The lowest BCUT2D eigenvalue weighted by Crippen LogP contribution is -2.44. The number of aryl methyl sites for hydroxylation is 1. The van der Waals surface area contributed by atoms with Gasteiger partial charge >= 0.3 is 6.09 Å². The third kappa shape index (κ3) is 2.59. The van der Waals surface area contributed by atoms with Crippen molar-refractivity contribution in [2.24, 2.45) is 0 Å². The summed E-state index contributed by atoms with van der Waals surface area (Å²) in [5.41, 5.74) is 2.16. The third-order valence-corrected chi connectivity index (χ3v) is 4.05. The molecule has 3 rings (SSSR count). The summed E-state index contributed by atoms with van der Waals surface area (Å²) in [6, 6.07) is 8.32. The van der Waals surface area contributed by atoms with Crippen molar-refractivity contribution in [3.8, 4) is 0 Å². The maximum absolute atomic E-state index is 12.0. The highest BCUT2D eigenvalue weighted by Gasteiger charge is 2.45. The zero-order valence-electron chi connectivity index (χ0n) is 11.3. The van der Waals surface area contributed by atoms with Crippen molar-refractivity contribution >= 4 is 6.09 Å². The first-order chi connectivity index (χ1) is 9.17. The zero-order valence-corrected chi connectivity index (χ0v) is 11.3. The molecule has 1 aromatic rings. The predicted octanol–water partition coefficient (Wildman–Crippen LogP) is 2.07. The fourth-order valence-corrected chi connectivity index (χ4v) is 2.87. The Kier molecular flexibility index (Phi) is 3.19. The van der Waals surface area contributed by atoms with Gasteiger partial charge in [0.05, 0.1) is 6.54 Å². The molecule has 2 heterocycles. The molecular formula is C15H20N2O2. The van der Waals surface area contributed by atoms with Gasteiger partial charge in [0.25, 0.3) is 0 Å². The molecule has 1 spiro atoms. The molecule has 2 aliphatic rings. The summed E-state index contributed by atoms with van der Waals surface area (Å²) < 4.78 is 5.65. The number of hydrogen-bond donors (Lipinski definition) is 1. The van der Waals surface area contributed by atoms with Gasteiger partial charge < -0.3 is 10.1 Å². The molecular weight excluding hydrogens is 240 g/mol. The number of benzene rings is 1. The molecule has 4 nitrogen and oxygen atoms in total. The lowest BCUT2D eigenvalue weighted by Gasteiger charge is -2.31. The molecule has 0 aliphatic carbocycles. The van der Waals surface area contributed by atoms with E-state index in [9.17, 15) is 4.79 Å². The number of carbonyl (C=O) groups is 1. The van der Waals surface area contributed by atoms with Crippen molar-refractivity contribution in [2.45, 2.75) is 31.9 Å². The van der Waals surface area contributed by atoms with E-state index in [1.54, 1.807) is 0 Å². The molecule has 4 heteroatoms. The molecule has 2 saturated heterocycles. The van der Waals surface area contributed by atoms with Crippen LogP contribution in [0.5, 0.6) is 0 Å². The monoisotopic (exact) mass is 260 g/mol. The fourth-order valence-electron chi connectivity index (χ4n) is 2.87. The van der Waals surface area contributed by atoms with E-state index in [1.807, 2.05) is 4.90 Å². The second-order valence-electron chi connectivity index (χ2n) is 5.64. The van der Waals surface area contributed by atoms with Crippen LogP contribution in [-0.2, 0) is 11.3 Å². The normalized spacial score (nSPS) is 21.7. The number of hydrogen-bond acceptors (Lipinski definition) is 3. The quantitative estimate of drug-likeness (QED) is 0.885. The second kappa shape index (κ2) is 4.85. The molecule has 1 aromatic carbocycles. The molecule has 0 bridgehead atoms. The fraction of sp³-hybridized carbons (Fsp3) is 0.533. The smallest absolute Gasteiger partial charge is 0.410 e. The highest BCUT2D eigenvalue weighted by molar-refractivity contribution is 5.70. The zero-order chi connectivity index (χ0) is 13.3. The minimum absolute atomic E-state index is 0.164. The lowest BCUT2D eigenvalue weighted by molar-refractivity contribution is 0.0316. The third-order valence-electron chi connectivity index (χ3n) is 4.05. The second-order valence-corrected chi connectivity index (χ2v) is 5.64. The van der Waals surface area contributed by atoms with Crippen LogP contribution in [0.25, 0.3) is 0 Å². The number of ether oxygens (including phenoxy) is 1. The summed E-state index contributed by atoms with van der Waals surface area (Å²) in [5, 5.41) is 3.31. The Labute approximate surface area is 113 Å². The lowest BCUT2D eigenvalue weighted by atomic mass is 9.92. The number of amides is 1. The Morgan fingerprint density at radius 2 is 1.95 bits per heavy atom. The summed E-state index contributed by atoms with van der Waals surface area (Å²) >= 11 is 0. The van der Waals surface area contributed by atoms with Crippen LogP contribution < -0.4 is 5.32 Å². The van der Waals surface area contributed by atoms with Crippen molar-refractivity contribution in [1.29, 1.82) is 0 Å². The first kappa shape index (κ1) is 12.5. The van der Waals surface area contributed by atoms with Crippen molar-refractivity contribution in [3.63, 3.8) is 0 Å². The SMILES string of the molecule is Cc1ccc(CN2CC3(CCNCC3)OC2=O)cc1. The van der Waals surface area contributed by atoms with E-state index in [4.69, 9.17) is 4.74 Å². The Hall–Kier alpha value is -1.55. The number of rotatable bonds is 2. The van der Waals surface area contributed by atoms with Crippen LogP contribution in [0.15, 0.2) is 24.3 Å². The van der Waals surface area contributed by atoms with Crippen LogP contribution in [-0.4, -0.2) is 36.2 Å².